The van der Waals surface area contributed by atoms with Crippen molar-refractivity contribution >= 4 is 23.5 Å². The number of esters is 1. The average Bonchev–Trinajstić information content (AvgIpc) is 3.21. The normalized spacial score (nSPS) is 32.5. The van der Waals surface area contributed by atoms with Gasteiger partial charge in [-0.15, -0.1) is 0 Å². The van der Waals surface area contributed by atoms with Gasteiger partial charge in [-0.25, -0.2) is 9.69 Å². The molecule has 1 aromatic rings. The number of nitrogens with zero attached hydrogens (tertiary/aromatic N) is 1. The summed E-state index contributed by atoms with van der Waals surface area (Å²) in [6.45, 7) is 0. The molecule has 0 spiro atoms. The Hall–Kier alpha value is -2.17. The third-order valence-corrected chi connectivity index (χ3v) is 5.48. The first-order valence-electron chi connectivity index (χ1n) is 7.68. The molecule has 1 aromatic carbocycles. The molecule has 1 saturated heterocycles. The Kier molecular flexibility index (Phi) is 2.86. The molecular formula is C17H17NO4. The standard InChI is InChI=1S/C17H17NO4/c1-22-17(21)11-4-2-3-5-12(11)18-15(19)13-9-6-7-10(8-9)14(13)16(18)20/h2-5,9-10,13-14H,6-8H2,1H3. The molecule has 3 aliphatic rings. The van der Waals surface area contributed by atoms with Gasteiger partial charge >= 0.3 is 5.97 Å². The highest BCUT2D eigenvalue weighted by Gasteiger charge is 2.61. The smallest absolute Gasteiger partial charge is 0.339 e. The summed E-state index contributed by atoms with van der Waals surface area (Å²) in [5.74, 6) is -0.509. The first kappa shape index (κ1) is 13.5. The molecule has 2 amide bonds. The molecular weight excluding hydrogens is 282 g/mol. The van der Waals surface area contributed by atoms with Crippen molar-refractivity contribution in [2.75, 3.05) is 12.0 Å². The molecule has 2 saturated carbocycles. The lowest BCUT2D eigenvalue weighted by molar-refractivity contribution is -0.123. The van der Waals surface area contributed by atoms with E-state index in [0.29, 0.717) is 17.5 Å². The number of hydrogen-bond donors (Lipinski definition) is 0. The van der Waals surface area contributed by atoms with Gasteiger partial charge in [0.1, 0.15) is 0 Å². The van der Waals surface area contributed by atoms with Crippen LogP contribution in [0.3, 0.4) is 0 Å². The van der Waals surface area contributed by atoms with Crippen LogP contribution >= 0.6 is 0 Å². The van der Waals surface area contributed by atoms with E-state index in [0.717, 1.165) is 19.3 Å². The zero-order valence-electron chi connectivity index (χ0n) is 12.3. The van der Waals surface area contributed by atoms with Crippen molar-refractivity contribution in [2.45, 2.75) is 19.3 Å². The number of carbonyl (C=O) groups is 3. The van der Waals surface area contributed by atoms with E-state index in [1.165, 1.54) is 12.0 Å². The summed E-state index contributed by atoms with van der Waals surface area (Å²) in [4.78, 5) is 38.8. The number of benzene rings is 1. The molecule has 4 atom stereocenters. The first-order valence-corrected chi connectivity index (χ1v) is 7.68. The zero-order valence-corrected chi connectivity index (χ0v) is 12.3. The predicted octanol–water partition coefficient (Wildman–Crippen LogP) is 2.01. The lowest BCUT2D eigenvalue weighted by Crippen LogP contribution is -2.34. The van der Waals surface area contributed by atoms with E-state index in [1.807, 2.05) is 0 Å². The van der Waals surface area contributed by atoms with Crippen LogP contribution < -0.4 is 4.90 Å². The molecule has 2 bridgehead atoms. The molecule has 5 heteroatoms. The number of ether oxygens (including phenoxy) is 1. The third kappa shape index (κ3) is 1.62. The van der Waals surface area contributed by atoms with Crippen LogP contribution in [0.5, 0.6) is 0 Å². The van der Waals surface area contributed by atoms with Crippen molar-refractivity contribution in [3.63, 3.8) is 0 Å². The molecule has 0 radical (unpaired) electrons. The van der Waals surface area contributed by atoms with Gasteiger partial charge in [-0.1, -0.05) is 12.1 Å². The Labute approximate surface area is 128 Å². The monoisotopic (exact) mass is 299 g/mol. The Morgan fingerprint density at radius 1 is 1.09 bits per heavy atom. The summed E-state index contributed by atoms with van der Waals surface area (Å²) in [7, 11) is 1.29. The zero-order chi connectivity index (χ0) is 15.4. The van der Waals surface area contributed by atoms with Crippen molar-refractivity contribution in [1.82, 2.24) is 0 Å². The lowest BCUT2D eigenvalue weighted by atomic mass is 9.81. The van der Waals surface area contributed by atoms with Gasteiger partial charge in [-0.2, -0.15) is 0 Å². The summed E-state index contributed by atoms with van der Waals surface area (Å²) >= 11 is 0. The van der Waals surface area contributed by atoms with Crippen molar-refractivity contribution in [3.8, 4) is 0 Å². The van der Waals surface area contributed by atoms with Gasteiger partial charge in [0.2, 0.25) is 11.8 Å². The van der Waals surface area contributed by atoms with Crippen LogP contribution in [0.2, 0.25) is 0 Å². The van der Waals surface area contributed by atoms with Gasteiger partial charge in [0.05, 0.1) is 30.2 Å². The van der Waals surface area contributed by atoms with Crippen LogP contribution in [0, 0.1) is 23.7 Å². The van der Waals surface area contributed by atoms with Gasteiger partial charge < -0.3 is 4.74 Å². The first-order chi connectivity index (χ1) is 10.6. The molecule has 1 aliphatic heterocycles. The largest absolute Gasteiger partial charge is 0.465 e. The SMILES string of the molecule is COC(=O)c1ccccc1N1C(=O)C2C3CCC(C3)C2C1=O. The Bertz CT molecular complexity index is 655. The Morgan fingerprint density at radius 3 is 2.27 bits per heavy atom. The van der Waals surface area contributed by atoms with E-state index in [4.69, 9.17) is 4.74 Å². The number of para-hydroxylation sites is 1. The summed E-state index contributed by atoms with van der Waals surface area (Å²) in [5.41, 5.74) is 0.622. The number of fused-ring (bicyclic) bond motifs is 5. The summed E-state index contributed by atoms with van der Waals surface area (Å²) in [6, 6.07) is 6.66. The molecule has 0 aromatic heterocycles. The minimum absolute atomic E-state index is 0.140. The van der Waals surface area contributed by atoms with Gasteiger partial charge in [0.25, 0.3) is 0 Å². The summed E-state index contributed by atoms with van der Waals surface area (Å²) in [6.07, 6.45) is 3.08. The van der Waals surface area contributed by atoms with Gasteiger partial charge in [0, 0.05) is 0 Å². The van der Waals surface area contributed by atoms with E-state index in [2.05, 4.69) is 0 Å². The van der Waals surface area contributed by atoms with Crippen LogP contribution in [0.4, 0.5) is 5.69 Å². The maximum atomic E-state index is 12.8. The van der Waals surface area contributed by atoms with Crippen molar-refractivity contribution in [2.24, 2.45) is 23.7 Å². The van der Waals surface area contributed by atoms with Crippen LogP contribution in [-0.2, 0) is 14.3 Å². The van der Waals surface area contributed by atoms with E-state index < -0.39 is 5.97 Å². The van der Waals surface area contributed by atoms with Gasteiger partial charge in [0.15, 0.2) is 0 Å². The molecule has 22 heavy (non-hydrogen) atoms. The molecule has 4 rings (SSSR count). The van der Waals surface area contributed by atoms with Crippen molar-refractivity contribution < 1.29 is 19.1 Å². The summed E-state index contributed by atoms with van der Waals surface area (Å²) in [5, 5.41) is 0. The molecule has 114 valence electrons. The minimum Gasteiger partial charge on any atom is -0.465 e. The number of methoxy groups -OCH3 is 1. The van der Waals surface area contributed by atoms with E-state index in [1.54, 1.807) is 24.3 Å². The Morgan fingerprint density at radius 2 is 1.68 bits per heavy atom. The quantitative estimate of drug-likeness (QED) is 0.619. The number of carbonyl (C=O) groups excluding carboxylic acids is 3. The fourth-order valence-electron chi connectivity index (χ4n) is 4.60. The van der Waals surface area contributed by atoms with Crippen molar-refractivity contribution in [3.05, 3.63) is 29.8 Å². The number of amides is 2. The van der Waals surface area contributed by atoms with Crippen LogP contribution in [0.1, 0.15) is 29.6 Å². The highest BCUT2D eigenvalue weighted by molar-refractivity contribution is 6.24. The number of rotatable bonds is 2. The molecule has 0 N–H and O–H groups in total. The fraction of sp³-hybridized carbons (Fsp3) is 0.471. The number of hydrogen-bond acceptors (Lipinski definition) is 4. The molecule has 1 heterocycles. The van der Waals surface area contributed by atoms with Crippen LogP contribution in [0.15, 0.2) is 24.3 Å². The third-order valence-electron chi connectivity index (χ3n) is 5.48. The number of anilines is 1. The molecule has 4 unspecified atom stereocenters. The van der Waals surface area contributed by atoms with Crippen molar-refractivity contribution in [1.29, 1.82) is 0 Å². The van der Waals surface area contributed by atoms with E-state index in [-0.39, 0.29) is 29.2 Å². The highest BCUT2D eigenvalue weighted by atomic mass is 16.5. The second kappa shape index (κ2) is 4.66. The number of imide groups is 1. The lowest BCUT2D eigenvalue weighted by Gasteiger charge is -2.19. The van der Waals surface area contributed by atoms with E-state index >= 15 is 0 Å². The Balaban J connectivity index is 1.77. The maximum absolute atomic E-state index is 12.8. The average molecular weight is 299 g/mol. The van der Waals surface area contributed by atoms with Crippen LogP contribution in [0.25, 0.3) is 0 Å². The fourth-order valence-corrected chi connectivity index (χ4v) is 4.60. The molecule has 3 fully saturated rings. The second-order valence-corrected chi connectivity index (χ2v) is 6.41. The van der Waals surface area contributed by atoms with Crippen LogP contribution in [-0.4, -0.2) is 24.9 Å². The van der Waals surface area contributed by atoms with Gasteiger partial charge in [-0.05, 0) is 43.2 Å². The summed E-state index contributed by atoms with van der Waals surface area (Å²) < 4.78 is 4.77. The maximum Gasteiger partial charge on any atom is 0.339 e. The second-order valence-electron chi connectivity index (χ2n) is 6.41. The minimum atomic E-state index is -0.531. The highest BCUT2D eigenvalue weighted by Crippen LogP contribution is 2.56. The molecule has 2 aliphatic carbocycles. The topological polar surface area (TPSA) is 63.7 Å². The van der Waals surface area contributed by atoms with E-state index in [9.17, 15) is 14.4 Å². The predicted molar refractivity (Wildman–Crippen MR) is 78.1 cm³/mol. The van der Waals surface area contributed by atoms with Gasteiger partial charge in [-0.3, -0.25) is 9.59 Å². The molecule has 5 nitrogen and oxygen atoms in total.